The van der Waals surface area contributed by atoms with E-state index in [1.54, 1.807) is 5.32 Å². The number of carbonyl (C=O) groups excluding carboxylic acids is 1. The van der Waals surface area contributed by atoms with Crippen LogP contribution in [0.5, 0.6) is 0 Å². The molecule has 0 saturated heterocycles. The molecule has 1 aliphatic carbocycles. The van der Waals surface area contributed by atoms with Gasteiger partial charge >= 0.3 is 6.18 Å². The Morgan fingerprint density at radius 1 is 1.38 bits per heavy atom. The van der Waals surface area contributed by atoms with Crippen molar-refractivity contribution in [2.45, 2.75) is 31.0 Å². The number of nitrogens with one attached hydrogen (secondary N) is 2. The fourth-order valence-corrected chi connectivity index (χ4v) is 1.43. The number of halogens is 3. The van der Waals surface area contributed by atoms with Gasteiger partial charge in [0.2, 0.25) is 5.91 Å². The quantitative estimate of drug-likeness (QED) is 0.642. The van der Waals surface area contributed by atoms with Crippen LogP contribution in [0.25, 0.3) is 0 Å². The first-order valence-electron chi connectivity index (χ1n) is 5.07. The van der Waals surface area contributed by atoms with Gasteiger partial charge in [-0.2, -0.15) is 13.2 Å². The second-order valence-electron chi connectivity index (χ2n) is 4.07. The Morgan fingerprint density at radius 2 is 2.00 bits per heavy atom. The van der Waals surface area contributed by atoms with E-state index in [-0.39, 0.29) is 13.1 Å². The van der Waals surface area contributed by atoms with Gasteiger partial charge in [-0.3, -0.25) is 4.79 Å². The molecule has 0 aliphatic heterocycles. The molecule has 3 N–H and O–H groups in total. The molecule has 0 atom stereocenters. The van der Waals surface area contributed by atoms with E-state index >= 15 is 0 Å². The predicted molar refractivity (Wildman–Crippen MR) is 50.7 cm³/mol. The molecule has 1 amide bonds. The number of aliphatic hydroxyl groups is 1. The van der Waals surface area contributed by atoms with Gasteiger partial charge in [-0.15, -0.1) is 0 Å². The molecule has 0 heterocycles. The van der Waals surface area contributed by atoms with E-state index in [0.29, 0.717) is 12.8 Å². The van der Waals surface area contributed by atoms with Crippen LogP contribution in [0.1, 0.15) is 19.3 Å². The number of amides is 1. The third kappa shape index (κ3) is 4.80. The number of carbonyl (C=O) groups is 1. The summed E-state index contributed by atoms with van der Waals surface area (Å²) in [4.78, 5) is 10.9. The molecule has 1 rings (SSSR count). The molecule has 1 fully saturated rings. The minimum Gasteiger partial charge on any atom is -0.389 e. The standard InChI is InChI=1S/C9H15F3N2O2/c10-9(11,12)6-14-7(15)4-13-5-8(16)2-1-3-8/h13,16H,1-6H2,(H,14,15). The summed E-state index contributed by atoms with van der Waals surface area (Å²) < 4.78 is 35.1. The second kappa shape index (κ2) is 5.01. The fraction of sp³-hybridized carbons (Fsp3) is 0.889. The lowest BCUT2D eigenvalue weighted by molar-refractivity contribution is -0.138. The molecule has 4 nitrogen and oxygen atoms in total. The Labute approximate surface area is 91.2 Å². The maximum Gasteiger partial charge on any atom is 0.405 e. The maximum absolute atomic E-state index is 11.7. The molecular formula is C9H15F3N2O2. The highest BCUT2D eigenvalue weighted by atomic mass is 19.4. The Morgan fingerprint density at radius 3 is 2.44 bits per heavy atom. The van der Waals surface area contributed by atoms with Gasteiger partial charge in [0.1, 0.15) is 6.54 Å². The van der Waals surface area contributed by atoms with Crippen molar-refractivity contribution in [1.29, 1.82) is 0 Å². The lowest BCUT2D eigenvalue weighted by Gasteiger charge is -2.36. The second-order valence-corrected chi connectivity index (χ2v) is 4.07. The third-order valence-corrected chi connectivity index (χ3v) is 2.51. The summed E-state index contributed by atoms with van der Waals surface area (Å²) in [6.45, 7) is -1.29. The van der Waals surface area contributed by atoms with Gasteiger partial charge < -0.3 is 15.7 Å². The predicted octanol–water partition coefficient (Wildman–Crippen LogP) is 0.169. The summed E-state index contributed by atoms with van der Waals surface area (Å²) in [5, 5.41) is 14.0. The first kappa shape index (κ1) is 13.2. The number of alkyl halides is 3. The average molecular weight is 240 g/mol. The van der Waals surface area contributed by atoms with E-state index in [1.807, 2.05) is 0 Å². The highest BCUT2D eigenvalue weighted by Gasteiger charge is 2.34. The van der Waals surface area contributed by atoms with Crippen LogP contribution >= 0.6 is 0 Å². The van der Waals surface area contributed by atoms with Crippen LogP contribution < -0.4 is 10.6 Å². The van der Waals surface area contributed by atoms with Crippen molar-refractivity contribution in [2.75, 3.05) is 19.6 Å². The Kier molecular flexibility index (Phi) is 4.15. The molecule has 1 saturated carbocycles. The lowest BCUT2D eigenvalue weighted by atomic mass is 9.80. The molecule has 0 spiro atoms. The lowest BCUT2D eigenvalue weighted by Crippen LogP contribution is -2.48. The van der Waals surface area contributed by atoms with E-state index in [9.17, 15) is 23.1 Å². The topological polar surface area (TPSA) is 61.4 Å². The van der Waals surface area contributed by atoms with Crippen LogP contribution in [-0.4, -0.2) is 42.4 Å². The Balaban J connectivity index is 2.06. The van der Waals surface area contributed by atoms with E-state index in [4.69, 9.17) is 0 Å². The molecule has 0 aromatic heterocycles. The minimum atomic E-state index is -4.39. The van der Waals surface area contributed by atoms with Crippen molar-refractivity contribution in [3.63, 3.8) is 0 Å². The van der Waals surface area contributed by atoms with Crippen molar-refractivity contribution < 1.29 is 23.1 Å². The Bertz CT molecular complexity index is 252. The summed E-state index contributed by atoms with van der Waals surface area (Å²) in [6.07, 6.45) is -2.10. The SMILES string of the molecule is O=C(CNCC1(O)CCC1)NCC(F)(F)F. The van der Waals surface area contributed by atoms with E-state index in [1.165, 1.54) is 0 Å². The molecule has 0 unspecified atom stereocenters. The van der Waals surface area contributed by atoms with Gasteiger partial charge in [-0.05, 0) is 19.3 Å². The van der Waals surface area contributed by atoms with Crippen LogP contribution in [0, 0.1) is 0 Å². The Hall–Kier alpha value is -0.820. The van der Waals surface area contributed by atoms with Gasteiger partial charge in [0.05, 0.1) is 12.1 Å². The van der Waals surface area contributed by atoms with Gasteiger partial charge in [-0.1, -0.05) is 0 Å². The number of hydrogen-bond acceptors (Lipinski definition) is 3. The van der Waals surface area contributed by atoms with Crippen molar-refractivity contribution in [3.05, 3.63) is 0 Å². The van der Waals surface area contributed by atoms with Crippen molar-refractivity contribution >= 4 is 5.91 Å². The van der Waals surface area contributed by atoms with E-state index < -0.39 is 24.2 Å². The molecular weight excluding hydrogens is 225 g/mol. The highest BCUT2D eigenvalue weighted by molar-refractivity contribution is 5.78. The van der Waals surface area contributed by atoms with E-state index in [0.717, 1.165) is 6.42 Å². The maximum atomic E-state index is 11.7. The van der Waals surface area contributed by atoms with Crippen molar-refractivity contribution in [1.82, 2.24) is 10.6 Å². The summed E-state index contributed by atoms with van der Waals surface area (Å²) in [6, 6.07) is 0. The van der Waals surface area contributed by atoms with Crippen LogP contribution in [0.4, 0.5) is 13.2 Å². The molecule has 0 radical (unpaired) electrons. The minimum absolute atomic E-state index is 0.210. The molecule has 16 heavy (non-hydrogen) atoms. The van der Waals surface area contributed by atoms with Gasteiger partial charge in [0.15, 0.2) is 0 Å². The van der Waals surface area contributed by atoms with Gasteiger partial charge in [0.25, 0.3) is 0 Å². The normalized spacial score (nSPS) is 19.0. The monoisotopic (exact) mass is 240 g/mol. The zero-order chi connectivity index (χ0) is 12.2. The van der Waals surface area contributed by atoms with E-state index in [2.05, 4.69) is 5.32 Å². The smallest absolute Gasteiger partial charge is 0.389 e. The summed E-state index contributed by atoms with van der Waals surface area (Å²) in [7, 11) is 0. The molecule has 1 aliphatic rings. The van der Waals surface area contributed by atoms with Crippen molar-refractivity contribution in [2.24, 2.45) is 0 Å². The molecule has 0 aromatic carbocycles. The summed E-state index contributed by atoms with van der Waals surface area (Å²) in [5.41, 5.74) is -0.774. The fourth-order valence-electron chi connectivity index (χ4n) is 1.43. The molecule has 94 valence electrons. The highest BCUT2D eigenvalue weighted by Crippen LogP contribution is 2.30. The zero-order valence-electron chi connectivity index (χ0n) is 8.73. The number of rotatable bonds is 5. The molecule has 0 bridgehead atoms. The zero-order valence-corrected chi connectivity index (χ0v) is 8.73. The summed E-state index contributed by atoms with van der Waals surface area (Å²) in [5.74, 6) is -0.722. The molecule has 0 aromatic rings. The van der Waals surface area contributed by atoms with Crippen LogP contribution in [0.3, 0.4) is 0 Å². The van der Waals surface area contributed by atoms with Crippen LogP contribution in [0.15, 0.2) is 0 Å². The number of hydrogen-bond donors (Lipinski definition) is 3. The average Bonchev–Trinajstić information content (AvgIpc) is 2.11. The van der Waals surface area contributed by atoms with Gasteiger partial charge in [-0.25, -0.2) is 0 Å². The largest absolute Gasteiger partial charge is 0.405 e. The van der Waals surface area contributed by atoms with Gasteiger partial charge in [0, 0.05) is 6.54 Å². The first-order chi connectivity index (χ1) is 7.31. The van der Waals surface area contributed by atoms with Crippen LogP contribution in [0.2, 0.25) is 0 Å². The molecule has 7 heteroatoms. The third-order valence-electron chi connectivity index (χ3n) is 2.51. The summed E-state index contributed by atoms with van der Waals surface area (Å²) >= 11 is 0. The van der Waals surface area contributed by atoms with Crippen molar-refractivity contribution in [3.8, 4) is 0 Å². The van der Waals surface area contributed by atoms with Crippen LogP contribution in [-0.2, 0) is 4.79 Å². The first-order valence-corrected chi connectivity index (χ1v) is 5.07.